The summed E-state index contributed by atoms with van der Waals surface area (Å²) in [7, 11) is 0. The maximum atomic E-state index is 11.9. The molecule has 3 heterocycles. The highest BCUT2D eigenvalue weighted by Gasteiger charge is 2.15. The fraction of sp³-hybridized carbons (Fsp3) is 0.400. The van der Waals surface area contributed by atoms with Crippen LogP contribution in [0.5, 0.6) is 5.75 Å². The van der Waals surface area contributed by atoms with E-state index in [4.69, 9.17) is 19.3 Å². The summed E-state index contributed by atoms with van der Waals surface area (Å²) in [4.78, 5) is 34.0. The highest BCUT2D eigenvalue weighted by atomic mass is 16.8. The quantitative estimate of drug-likeness (QED) is 0.139. The number of aromatic nitrogens is 4. The van der Waals surface area contributed by atoms with E-state index in [0.717, 1.165) is 67.6 Å². The first-order chi connectivity index (χ1) is 19.7. The van der Waals surface area contributed by atoms with E-state index in [2.05, 4.69) is 37.9 Å². The van der Waals surface area contributed by atoms with Gasteiger partial charge in [0.2, 0.25) is 11.9 Å². The third-order valence-corrected chi connectivity index (χ3v) is 6.69. The molecule has 1 amide bonds. The topological polar surface area (TPSA) is 123 Å². The molecule has 5 rings (SSSR count). The third kappa shape index (κ3) is 8.24. The summed E-state index contributed by atoms with van der Waals surface area (Å²) >= 11 is 0. The number of nitrogens with zero attached hydrogens (tertiary/aromatic N) is 3. The molecule has 210 valence electrons. The van der Waals surface area contributed by atoms with Gasteiger partial charge in [0, 0.05) is 31.6 Å². The van der Waals surface area contributed by atoms with Crippen molar-refractivity contribution in [1.29, 1.82) is 0 Å². The molecule has 3 N–H and O–H groups in total. The average Bonchev–Trinajstić information content (AvgIpc) is 3.47. The lowest BCUT2D eigenvalue weighted by Crippen LogP contribution is -2.32. The minimum Gasteiger partial charge on any atom is -0.494 e. The fourth-order valence-corrected chi connectivity index (χ4v) is 4.55. The van der Waals surface area contributed by atoms with E-state index >= 15 is 0 Å². The monoisotopic (exact) mass is 544 g/mol. The molecule has 1 aliphatic rings. The van der Waals surface area contributed by atoms with Gasteiger partial charge in [-0.3, -0.25) is 4.79 Å². The highest BCUT2D eigenvalue weighted by Crippen LogP contribution is 2.22. The number of carbonyl (C=O) groups excluding carboxylic acids is 1. The van der Waals surface area contributed by atoms with E-state index in [1.807, 2.05) is 42.5 Å². The summed E-state index contributed by atoms with van der Waals surface area (Å²) in [5, 5.41) is 3.29. The van der Waals surface area contributed by atoms with Crippen molar-refractivity contribution < 1.29 is 19.1 Å². The molecule has 0 bridgehead atoms. The van der Waals surface area contributed by atoms with Crippen LogP contribution in [0.1, 0.15) is 62.6 Å². The van der Waals surface area contributed by atoms with Crippen molar-refractivity contribution in [3.63, 3.8) is 0 Å². The second kappa shape index (κ2) is 14.4. The molecule has 1 saturated heterocycles. The molecule has 1 unspecified atom stereocenters. The van der Waals surface area contributed by atoms with Gasteiger partial charge in [0.25, 0.3) is 0 Å². The average molecular weight is 545 g/mol. The van der Waals surface area contributed by atoms with Crippen molar-refractivity contribution in [3.8, 4) is 5.75 Å². The van der Waals surface area contributed by atoms with E-state index in [1.54, 1.807) is 6.33 Å². The smallest absolute Gasteiger partial charge is 0.243 e. The molecule has 4 aromatic rings. The van der Waals surface area contributed by atoms with Crippen LogP contribution in [-0.4, -0.2) is 45.3 Å². The number of fused-ring (bicyclic) bond motifs is 1. The first-order valence-electron chi connectivity index (χ1n) is 14.0. The van der Waals surface area contributed by atoms with E-state index in [1.165, 1.54) is 5.56 Å². The Morgan fingerprint density at radius 3 is 2.67 bits per heavy atom. The van der Waals surface area contributed by atoms with Crippen LogP contribution in [-0.2, 0) is 20.8 Å². The zero-order valence-corrected chi connectivity index (χ0v) is 22.6. The van der Waals surface area contributed by atoms with E-state index in [9.17, 15) is 4.79 Å². The number of rotatable bonds is 14. The molecule has 1 atom stereocenters. The van der Waals surface area contributed by atoms with Crippen LogP contribution >= 0.6 is 0 Å². The number of ether oxygens (including phenoxy) is 2. The predicted octanol–water partition coefficient (Wildman–Crippen LogP) is 5.59. The van der Waals surface area contributed by atoms with Crippen LogP contribution in [0, 0.1) is 0 Å². The predicted molar refractivity (Wildman–Crippen MR) is 152 cm³/mol. The normalized spacial score (nSPS) is 15.2. The van der Waals surface area contributed by atoms with Crippen LogP contribution in [0.15, 0.2) is 60.9 Å². The zero-order valence-electron chi connectivity index (χ0n) is 22.6. The van der Waals surface area contributed by atoms with Crippen LogP contribution < -0.4 is 15.5 Å². The molecule has 1 fully saturated rings. The molecule has 40 heavy (non-hydrogen) atoms. The van der Waals surface area contributed by atoms with Gasteiger partial charge < -0.3 is 19.8 Å². The lowest BCUT2D eigenvalue weighted by molar-refractivity contribution is -0.200. The van der Waals surface area contributed by atoms with Gasteiger partial charge in [-0.2, -0.15) is 4.98 Å². The second-order valence-electron chi connectivity index (χ2n) is 9.86. The summed E-state index contributed by atoms with van der Waals surface area (Å²) in [6.45, 7) is 1.32. The number of hydroxylamine groups is 1. The first-order valence-corrected chi connectivity index (χ1v) is 14.0. The van der Waals surface area contributed by atoms with Gasteiger partial charge in [0.15, 0.2) is 11.9 Å². The van der Waals surface area contributed by atoms with Gasteiger partial charge >= 0.3 is 0 Å². The van der Waals surface area contributed by atoms with Crippen molar-refractivity contribution in [2.75, 3.05) is 18.5 Å². The van der Waals surface area contributed by atoms with E-state index in [0.29, 0.717) is 37.7 Å². The number of hydrogen-bond donors (Lipinski definition) is 3. The Balaban J connectivity index is 1.01. The Morgan fingerprint density at radius 1 is 1.00 bits per heavy atom. The maximum Gasteiger partial charge on any atom is 0.243 e. The van der Waals surface area contributed by atoms with Crippen LogP contribution in [0.4, 0.5) is 11.6 Å². The van der Waals surface area contributed by atoms with Crippen molar-refractivity contribution in [1.82, 2.24) is 25.4 Å². The van der Waals surface area contributed by atoms with E-state index < -0.39 is 0 Å². The minimum atomic E-state index is -0.308. The Bertz CT molecular complexity index is 1340. The van der Waals surface area contributed by atoms with Crippen LogP contribution in [0.25, 0.3) is 11.2 Å². The number of amides is 1. The maximum absolute atomic E-state index is 11.9. The SMILES string of the molecule is O=C(CCCCCCOc1ccc(Nc2nc(Cc3ccccc3)c3[nH]cnc3n2)cc1)NOC1CCCCO1. The molecule has 2 aromatic carbocycles. The summed E-state index contributed by atoms with van der Waals surface area (Å²) in [5.41, 5.74) is 6.91. The number of benzene rings is 2. The summed E-state index contributed by atoms with van der Waals surface area (Å²) in [6.07, 6.45) is 9.12. The van der Waals surface area contributed by atoms with Crippen LogP contribution in [0.3, 0.4) is 0 Å². The lowest BCUT2D eigenvalue weighted by Gasteiger charge is -2.22. The Kier molecular flexibility index (Phi) is 9.91. The fourth-order valence-electron chi connectivity index (χ4n) is 4.55. The van der Waals surface area contributed by atoms with Gasteiger partial charge in [-0.1, -0.05) is 43.2 Å². The van der Waals surface area contributed by atoms with Gasteiger partial charge in [0.1, 0.15) is 11.3 Å². The first kappa shape index (κ1) is 27.5. The molecule has 0 saturated carbocycles. The number of carbonyl (C=O) groups is 1. The number of imidazole rings is 1. The molecule has 2 aromatic heterocycles. The van der Waals surface area contributed by atoms with Crippen molar-refractivity contribution in [3.05, 3.63) is 72.2 Å². The van der Waals surface area contributed by atoms with Gasteiger partial charge in [-0.25, -0.2) is 20.3 Å². The summed E-state index contributed by atoms with van der Waals surface area (Å²) < 4.78 is 11.3. The highest BCUT2D eigenvalue weighted by molar-refractivity contribution is 5.75. The molecular weight excluding hydrogens is 508 g/mol. The van der Waals surface area contributed by atoms with Crippen LogP contribution in [0.2, 0.25) is 0 Å². The minimum absolute atomic E-state index is 0.0961. The van der Waals surface area contributed by atoms with Gasteiger partial charge in [0.05, 0.1) is 18.6 Å². The molecule has 0 aliphatic carbocycles. The molecular formula is C30H36N6O4. The number of hydrogen-bond acceptors (Lipinski definition) is 8. The molecule has 1 aliphatic heterocycles. The summed E-state index contributed by atoms with van der Waals surface area (Å²) in [6, 6.07) is 18.0. The third-order valence-electron chi connectivity index (χ3n) is 6.69. The number of anilines is 2. The Labute approximate surface area is 233 Å². The molecule has 10 nitrogen and oxygen atoms in total. The van der Waals surface area contributed by atoms with Crippen molar-refractivity contribution in [2.24, 2.45) is 0 Å². The number of H-pyrrole nitrogens is 1. The van der Waals surface area contributed by atoms with Crippen molar-refractivity contribution >= 4 is 28.7 Å². The Hall–Kier alpha value is -4.02. The lowest BCUT2D eigenvalue weighted by atomic mass is 10.1. The number of unbranched alkanes of at least 4 members (excludes halogenated alkanes) is 3. The molecule has 0 radical (unpaired) electrons. The number of aromatic amines is 1. The second-order valence-corrected chi connectivity index (χ2v) is 9.86. The van der Waals surface area contributed by atoms with Gasteiger partial charge in [-0.15, -0.1) is 0 Å². The zero-order chi connectivity index (χ0) is 27.4. The Morgan fingerprint density at radius 2 is 1.85 bits per heavy atom. The van der Waals surface area contributed by atoms with E-state index in [-0.39, 0.29) is 12.2 Å². The number of nitrogens with one attached hydrogen (secondary N) is 3. The summed E-state index contributed by atoms with van der Waals surface area (Å²) in [5.74, 6) is 1.21. The molecule has 0 spiro atoms. The largest absolute Gasteiger partial charge is 0.494 e. The standard InChI is InChI=1S/C30H36N6O4/c37-26(36-40-27-13-7-9-19-39-27)12-6-1-2-8-18-38-24-16-14-23(15-17-24)33-30-34-25(20-22-10-4-3-5-11-22)28-29(35-30)32-21-31-28/h3-5,10-11,14-17,21,27H,1-2,6-9,12-13,18-20H2,(H,36,37)(H2,31,32,33,34,35). The molecule has 10 heteroatoms. The van der Waals surface area contributed by atoms with Gasteiger partial charge in [-0.05, 0) is 55.5 Å². The van der Waals surface area contributed by atoms with Crippen molar-refractivity contribution in [2.45, 2.75) is 64.1 Å².